The molecule has 0 aliphatic carbocycles. The zero-order valence-electron chi connectivity index (χ0n) is 11.0. The van der Waals surface area contributed by atoms with Crippen LogP contribution in [0.1, 0.15) is 5.56 Å². The fraction of sp³-hybridized carbons (Fsp3) is 0.118. The van der Waals surface area contributed by atoms with Crippen molar-refractivity contribution in [1.82, 2.24) is 0 Å². The molecule has 0 aromatic heterocycles. The highest BCUT2D eigenvalue weighted by atomic mass is 16.5. The minimum Gasteiger partial charge on any atom is -0.490 e. The number of anilines is 1. The van der Waals surface area contributed by atoms with Crippen LogP contribution in [0.4, 0.5) is 5.69 Å². The summed E-state index contributed by atoms with van der Waals surface area (Å²) in [5, 5.41) is 0. The van der Waals surface area contributed by atoms with Crippen molar-refractivity contribution >= 4 is 17.7 Å². The highest BCUT2D eigenvalue weighted by molar-refractivity contribution is 6.04. The average Bonchev–Trinajstić information content (AvgIpc) is 2.53. The van der Waals surface area contributed by atoms with E-state index in [0.717, 1.165) is 17.0 Å². The monoisotopic (exact) mass is 265 g/mol. The smallest absolute Gasteiger partial charge is 0.251 e. The Balaban J connectivity index is 1.80. The number of amides is 1. The Morgan fingerprint density at radius 1 is 1.05 bits per heavy atom. The molecular formula is C17H15NO2. The quantitative estimate of drug-likeness (QED) is 0.781. The van der Waals surface area contributed by atoms with E-state index in [0.29, 0.717) is 13.2 Å². The Hall–Kier alpha value is -2.55. The van der Waals surface area contributed by atoms with E-state index in [1.165, 1.54) is 0 Å². The first-order chi connectivity index (χ1) is 9.84. The number of rotatable bonds is 2. The van der Waals surface area contributed by atoms with Gasteiger partial charge in [0.2, 0.25) is 0 Å². The summed E-state index contributed by atoms with van der Waals surface area (Å²) in [7, 11) is 0. The first-order valence-corrected chi connectivity index (χ1v) is 6.61. The van der Waals surface area contributed by atoms with Gasteiger partial charge in [0.15, 0.2) is 0 Å². The van der Waals surface area contributed by atoms with Gasteiger partial charge in [0, 0.05) is 6.08 Å². The summed E-state index contributed by atoms with van der Waals surface area (Å²) < 4.78 is 5.55. The van der Waals surface area contributed by atoms with Crippen molar-refractivity contribution in [3.8, 4) is 5.75 Å². The molecule has 1 aliphatic rings. The number of benzene rings is 2. The van der Waals surface area contributed by atoms with Crippen molar-refractivity contribution in [1.29, 1.82) is 0 Å². The molecule has 1 heterocycles. The number of carbonyl (C=O) groups is 1. The van der Waals surface area contributed by atoms with Crippen LogP contribution < -0.4 is 9.64 Å². The first kappa shape index (κ1) is 12.5. The third-order valence-electron chi connectivity index (χ3n) is 3.21. The van der Waals surface area contributed by atoms with Crippen LogP contribution >= 0.6 is 0 Å². The minimum atomic E-state index is -0.0235. The highest BCUT2D eigenvalue weighted by Gasteiger charge is 2.21. The predicted octanol–water partition coefficient (Wildman–Crippen LogP) is 3.13. The molecule has 0 atom stereocenters. The van der Waals surface area contributed by atoms with E-state index in [-0.39, 0.29) is 5.91 Å². The Labute approximate surface area is 118 Å². The Kier molecular flexibility index (Phi) is 3.50. The van der Waals surface area contributed by atoms with Gasteiger partial charge in [0.1, 0.15) is 12.4 Å². The summed E-state index contributed by atoms with van der Waals surface area (Å²) in [5.41, 5.74) is 1.85. The number of hydrogen-bond donors (Lipinski definition) is 0. The van der Waals surface area contributed by atoms with Gasteiger partial charge in [-0.2, -0.15) is 0 Å². The van der Waals surface area contributed by atoms with E-state index in [1.54, 1.807) is 11.0 Å². The second kappa shape index (κ2) is 5.61. The van der Waals surface area contributed by atoms with E-state index in [1.807, 2.05) is 60.7 Å². The number of para-hydroxylation sites is 2. The summed E-state index contributed by atoms with van der Waals surface area (Å²) in [6, 6.07) is 17.4. The van der Waals surface area contributed by atoms with E-state index in [9.17, 15) is 4.79 Å². The molecule has 0 fully saturated rings. The van der Waals surface area contributed by atoms with E-state index in [4.69, 9.17) is 4.74 Å². The molecule has 0 spiro atoms. The van der Waals surface area contributed by atoms with Crippen molar-refractivity contribution < 1.29 is 9.53 Å². The lowest BCUT2D eigenvalue weighted by Crippen LogP contribution is -2.36. The molecule has 0 radical (unpaired) electrons. The van der Waals surface area contributed by atoms with E-state index >= 15 is 0 Å². The molecule has 0 N–H and O–H groups in total. The summed E-state index contributed by atoms with van der Waals surface area (Å²) in [6.45, 7) is 1.11. The molecule has 1 amide bonds. The summed E-state index contributed by atoms with van der Waals surface area (Å²) in [4.78, 5) is 14.1. The number of nitrogens with zero attached hydrogens (tertiary/aromatic N) is 1. The molecule has 100 valence electrons. The molecule has 3 rings (SSSR count). The Morgan fingerprint density at radius 3 is 2.65 bits per heavy atom. The predicted molar refractivity (Wildman–Crippen MR) is 79.8 cm³/mol. The van der Waals surface area contributed by atoms with Gasteiger partial charge in [-0.05, 0) is 23.8 Å². The molecule has 2 aromatic rings. The summed E-state index contributed by atoms with van der Waals surface area (Å²) >= 11 is 0. The van der Waals surface area contributed by atoms with Crippen molar-refractivity contribution in [3.63, 3.8) is 0 Å². The van der Waals surface area contributed by atoms with Gasteiger partial charge >= 0.3 is 0 Å². The van der Waals surface area contributed by atoms with Gasteiger partial charge in [-0.1, -0.05) is 42.5 Å². The molecule has 20 heavy (non-hydrogen) atoms. The molecule has 2 aromatic carbocycles. The van der Waals surface area contributed by atoms with Crippen molar-refractivity contribution in [2.24, 2.45) is 0 Å². The maximum absolute atomic E-state index is 12.3. The molecule has 3 nitrogen and oxygen atoms in total. The van der Waals surface area contributed by atoms with Crippen LogP contribution in [-0.2, 0) is 4.79 Å². The molecule has 3 heteroatoms. The fourth-order valence-electron chi connectivity index (χ4n) is 2.22. The van der Waals surface area contributed by atoms with E-state index in [2.05, 4.69) is 0 Å². The lowest BCUT2D eigenvalue weighted by molar-refractivity contribution is -0.114. The molecule has 0 saturated carbocycles. The van der Waals surface area contributed by atoms with Crippen LogP contribution in [0.2, 0.25) is 0 Å². The summed E-state index contributed by atoms with van der Waals surface area (Å²) in [6.07, 6.45) is 3.44. The topological polar surface area (TPSA) is 29.5 Å². The van der Waals surface area contributed by atoms with Gasteiger partial charge in [-0.15, -0.1) is 0 Å². The van der Waals surface area contributed by atoms with Gasteiger partial charge in [0.05, 0.1) is 12.2 Å². The lowest BCUT2D eigenvalue weighted by Gasteiger charge is -2.28. The van der Waals surface area contributed by atoms with Crippen LogP contribution in [0.5, 0.6) is 5.75 Å². The number of fused-ring (bicyclic) bond motifs is 1. The standard InChI is InChI=1S/C17H15NO2/c19-17(11-10-14-6-2-1-3-7-14)18-12-13-20-16-9-5-4-8-15(16)18/h1-11H,12-13H2/b11-10+. The minimum absolute atomic E-state index is 0.0235. The third-order valence-corrected chi connectivity index (χ3v) is 3.21. The largest absolute Gasteiger partial charge is 0.490 e. The maximum atomic E-state index is 12.3. The SMILES string of the molecule is O=C(/C=C/c1ccccc1)N1CCOc2ccccc21. The van der Waals surface area contributed by atoms with Crippen LogP contribution in [0.3, 0.4) is 0 Å². The average molecular weight is 265 g/mol. The number of carbonyl (C=O) groups excluding carboxylic acids is 1. The van der Waals surface area contributed by atoms with Gasteiger partial charge in [0.25, 0.3) is 5.91 Å². The molecule has 0 unspecified atom stereocenters. The Morgan fingerprint density at radius 2 is 1.80 bits per heavy atom. The zero-order chi connectivity index (χ0) is 13.8. The van der Waals surface area contributed by atoms with Crippen molar-refractivity contribution in [2.45, 2.75) is 0 Å². The maximum Gasteiger partial charge on any atom is 0.251 e. The molecule has 0 saturated heterocycles. The lowest BCUT2D eigenvalue weighted by atomic mass is 10.2. The van der Waals surface area contributed by atoms with Crippen molar-refractivity contribution in [3.05, 3.63) is 66.2 Å². The molecule has 1 aliphatic heterocycles. The second-order valence-corrected chi connectivity index (χ2v) is 4.55. The molecule has 0 bridgehead atoms. The van der Waals surface area contributed by atoms with Crippen LogP contribution in [0, 0.1) is 0 Å². The number of ether oxygens (including phenoxy) is 1. The van der Waals surface area contributed by atoms with E-state index < -0.39 is 0 Å². The summed E-state index contributed by atoms with van der Waals surface area (Å²) in [5.74, 6) is 0.741. The first-order valence-electron chi connectivity index (χ1n) is 6.61. The van der Waals surface area contributed by atoms with Crippen LogP contribution in [0.15, 0.2) is 60.7 Å². The fourth-order valence-corrected chi connectivity index (χ4v) is 2.22. The van der Waals surface area contributed by atoms with Gasteiger partial charge in [-0.3, -0.25) is 4.79 Å². The Bertz CT molecular complexity index is 634. The normalized spacial score (nSPS) is 13.9. The third kappa shape index (κ3) is 2.57. The number of hydrogen-bond acceptors (Lipinski definition) is 2. The second-order valence-electron chi connectivity index (χ2n) is 4.55. The van der Waals surface area contributed by atoms with Crippen LogP contribution in [0.25, 0.3) is 6.08 Å². The van der Waals surface area contributed by atoms with Gasteiger partial charge in [-0.25, -0.2) is 0 Å². The van der Waals surface area contributed by atoms with Crippen molar-refractivity contribution in [2.75, 3.05) is 18.1 Å². The van der Waals surface area contributed by atoms with Crippen LogP contribution in [-0.4, -0.2) is 19.1 Å². The molecular weight excluding hydrogens is 250 g/mol. The highest BCUT2D eigenvalue weighted by Crippen LogP contribution is 2.31. The zero-order valence-corrected chi connectivity index (χ0v) is 11.0. The van der Waals surface area contributed by atoms with Gasteiger partial charge < -0.3 is 9.64 Å².